The lowest BCUT2D eigenvalue weighted by Gasteiger charge is -2.61. The Balaban J connectivity index is 1.24. The maximum atomic E-state index is 8.66. The molecule has 0 aromatic rings. The summed E-state index contributed by atoms with van der Waals surface area (Å²) in [6.07, 6.45) is 39.2. The van der Waals surface area contributed by atoms with Crippen LogP contribution in [0.1, 0.15) is 180 Å². The first kappa shape index (κ1) is 30.7. The van der Waals surface area contributed by atoms with E-state index >= 15 is 0 Å². The highest BCUT2D eigenvalue weighted by molar-refractivity contribution is 6.98. The summed E-state index contributed by atoms with van der Waals surface area (Å²) in [6.45, 7) is 0. The fourth-order valence-corrected chi connectivity index (χ4v) is 43.9. The van der Waals surface area contributed by atoms with Gasteiger partial charge in [-0.25, -0.2) is 0 Å². The van der Waals surface area contributed by atoms with Gasteiger partial charge in [-0.1, -0.05) is 77.0 Å². The lowest BCUT2D eigenvalue weighted by atomic mass is 10.0. The molecular weight excluding hydrogens is 609 g/mol. The molecule has 0 spiro atoms. The van der Waals surface area contributed by atoms with Gasteiger partial charge in [-0.3, -0.25) is 0 Å². The molecule has 9 fully saturated rings. The molecule has 0 aromatic heterocycles. The molecule has 9 aliphatic rings. The average Bonchev–Trinajstić information content (AvgIpc) is 3.89. The third kappa shape index (κ3) is 5.45. The molecule has 4 nitrogen and oxygen atoms in total. The second-order valence-electron chi connectivity index (χ2n) is 17.7. The van der Waals surface area contributed by atoms with Crippen molar-refractivity contribution in [2.45, 2.75) is 224 Å². The van der Waals surface area contributed by atoms with Gasteiger partial charge in [0, 0.05) is 44.3 Å². The highest BCUT2D eigenvalue weighted by atomic mass is 28.5. The topological polar surface area (TPSA) is 36.9 Å². The van der Waals surface area contributed by atoms with Gasteiger partial charge in [0.05, 0.1) is 0 Å². The Morgan fingerprint density at radius 2 is 0.364 bits per heavy atom. The number of rotatable bonds is 8. The second kappa shape index (κ2) is 12.2. The summed E-state index contributed by atoms with van der Waals surface area (Å²) in [5, 5.41) is 0. The van der Waals surface area contributed by atoms with Gasteiger partial charge in [0.25, 0.3) is 0 Å². The minimum Gasteiger partial charge on any atom is -0.415 e. The summed E-state index contributed by atoms with van der Waals surface area (Å²) in [4.78, 5) is 0. The van der Waals surface area contributed by atoms with E-state index < -0.39 is 34.2 Å². The summed E-state index contributed by atoms with van der Waals surface area (Å²) < 4.78 is 34.7. The minimum absolute atomic E-state index is 0.712. The van der Waals surface area contributed by atoms with E-state index in [1.165, 1.54) is 180 Å². The van der Waals surface area contributed by atoms with Crippen molar-refractivity contribution in [2.75, 3.05) is 0 Å². The van der Waals surface area contributed by atoms with Crippen molar-refractivity contribution in [1.82, 2.24) is 0 Å². The van der Waals surface area contributed by atoms with E-state index in [0.29, 0.717) is 22.2 Å². The van der Waals surface area contributed by atoms with Crippen LogP contribution in [0.25, 0.3) is 0 Å². The van der Waals surface area contributed by atoms with E-state index in [2.05, 4.69) is 0 Å². The van der Waals surface area contributed by atoms with Gasteiger partial charge in [0.15, 0.2) is 0 Å². The zero-order valence-corrected chi connectivity index (χ0v) is 32.1. The summed E-state index contributed by atoms with van der Waals surface area (Å²) >= 11 is 0. The maximum absolute atomic E-state index is 8.66. The Labute approximate surface area is 273 Å². The van der Waals surface area contributed by atoms with E-state index in [1.807, 2.05) is 0 Å². The second-order valence-corrected chi connectivity index (χ2v) is 33.3. The Hall–Kier alpha value is 0.708. The molecule has 1 heterocycles. The van der Waals surface area contributed by atoms with E-state index in [0.717, 1.165) is 22.2 Å². The molecule has 0 aromatic carbocycles. The quantitative estimate of drug-likeness (QED) is 0.240. The Morgan fingerprint density at radius 1 is 0.205 bits per heavy atom. The molecule has 1 aliphatic heterocycles. The zero-order chi connectivity index (χ0) is 29.2. The predicted octanol–water partition coefficient (Wildman–Crippen LogP) is 11.8. The third-order valence-corrected chi connectivity index (χ3v) is 38.5. The highest BCUT2D eigenvalue weighted by Crippen LogP contribution is 2.70. The molecule has 0 radical (unpaired) electrons. The molecule has 44 heavy (non-hydrogen) atoms. The zero-order valence-electron chi connectivity index (χ0n) is 28.1. The van der Waals surface area contributed by atoms with Gasteiger partial charge in [0.2, 0.25) is 0 Å². The van der Waals surface area contributed by atoms with Crippen LogP contribution in [0, 0.1) is 0 Å². The minimum atomic E-state index is -2.55. The average molecular weight is 673 g/mol. The molecule has 9 rings (SSSR count). The van der Waals surface area contributed by atoms with Crippen LogP contribution >= 0.6 is 0 Å². The predicted molar refractivity (Wildman–Crippen MR) is 187 cm³/mol. The molecule has 8 heteroatoms. The van der Waals surface area contributed by atoms with Gasteiger partial charge in [0.1, 0.15) is 0 Å². The van der Waals surface area contributed by atoms with E-state index in [-0.39, 0.29) is 0 Å². The van der Waals surface area contributed by atoms with Crippen LogP contribution in [0.4, 0.5) is 0 Å². The van der Waals surface area contributed by atoms with Crippen LogP contribution in [-0.2, 0) is 16.5 Å². The maximum Gasteiger partial charge on any atom is 0.327 e. The molecular formula is C36H64O4Si4. The van der Waals surface area contributed by atoms with E-state index in [9.17, 15) is 0 Å². The first-order valence-corrected chi connectivity index (χ1v) is 28.4. The van der Waals surface area contributed by atoms with Crippen LogP contribution in [0.3, 0.4) is 0 Å². The Kier molecular flexibility index (Phi) is 8.55. The van der Waals surface area contributed by atoms with Gasteiger partial charge in [-0.15, -0.1) is 0 Å². The number of hydrogen-bond donors (Lipinski definition) is 0. The fourth-order valence-electron chi connectivity index (χ4n) is 11.7. The molecule has 0 atom stereocenters. The first-order valence-electron chi connectivity index (χ1n) is 20.5. The fraction of sp³-hybridized carbons (Fsp3) is 1.00. The van der Waals surface area contributed by atoms with Crippen molar-refractivity contribution in [3.8, 4) is 0 Å². The van der Waals surface area contributed by atoms with Crippen molar-refractivity contribution >= 4 is 34.2 Å². The molecule has 0 unspecified atom stereocenters. The molecule has 248 valence electrons. The van der Waals surface area contributed by atoms with Gasteiger partial charge >= 0.3 is 34.2 Å². The SMILES string of the molecule is C1CCC([Si]2(C3CC3)O[Si](C3CCCCC3)(C3CC3)O[Si](C3CCCCC3)(C3CC3)O[Si](C3CCCCC3)(C3CC3)O2)CC1. The van der Waals surface area contributed by atoms with Crippen LogP contribution < -0.4 is 0 Å². The standard InChI is InChI=1S/C36H64O4Si4/c1-5-13-29(14-6-1)41(33-21-22-33)37-42(34-23-24-34,30-15-7-2-8-16-30)39-44(36-27-28-36,32-19-11-4-12-20-32)40-43(38-41,35-25-26-35)31-17-9-3-10-18-31/h29-36H,1-28H2. The summed E-state index contributed by atoms with van der Waals surface area (Å²) in [6, 6.07) is 0. The van der Waals surface area contributed by atoms with Crippen molar-refractivity contribution in [3.05, 3.63) is 0 Å². The van der Waals surface area contributed by atoms with Crippen LogP contribution in [0.5, 0.6) is 0 Å². The van der Waals surface area contributed by atoms with Crippen LogP contribution in [0.2, 0.25) is 44.3 Å². The summed E-state index contributed by atoms with van der Waals surface area (Å²) in [5.41, 5.74) is 5.82. The molecule has 0 N–H and O–H groups in total. The van der Waals surface area contributed by atoms with Crippen LogP contribution in [0.15, 0.2) is 0 Å². The van der Waals surface area contributed by atoms with Crippen molar-refractivity contribution < 1.29 is 16.5 Å². The van der Waals surface area contributed by atoms with Gasteiger partial charge in [-0.2, -0.15) is 0 Å². The number of hydrogen-bond acceptors (Lipinski definition) is 4. The largest absolute Gasteiger partial charge is 0.415 e. The normalized spacial score (nSPS) is 44.7. The van der Waals surface area contributed by atoms with Crippen molar-refractivity contribution in [1.29, 1.82) is 0 Å². The molecule has 8 saturated carbocycles. The monoisotopic (exact) mass is 672 g/mol. The molecule has 0 amide bonds. The lowest BCUT2D eigenvalue weighted by Crippen LogP contribution is -2.75. The Morgan fingerprint density at radius 3 is 0.523 bits per heavy atom. The third-order valence-electron chi connectivity index (χ3n) is 14.6. The van der Waals surface area contributed by atoms with Gasteiger partial charge in [-0.05, 0) is 103 Å². The van der Waals surface area contributed by atoms with Crippen LogP contribution in [-0.4, -0.2) is 34.2 Å². The highest BCUT2D eigenvalue weighted by Gasteiger charge is 2.77. The molecule has 1 saturated heterocycles. The van der Waals surface area contributed by atoms with E-state index in [4.69, 9.17) is 16.5 Å². The summed E-state index contributed by atoms with van der Waals surface area (Å²) in [5.74, 6) is 0. The summed E-state index contributed by atoms with van der Waals surface area (Å²) in [7, 11) is -10.2. The smallest absolute Gasteiger partial charge is 0.327 e. The first-order chi connectivity index (χ1) is 21.7. The molecule has 8 aliphatic carbocycles. The lowest BCUT2D eigenvalue weighted by molar-refractivity contribution is 0.163. The van der Waals surface area contributed by atoms with Crippen molar-refractivity contribution in [2.24, 2.45) is 0 Å². The van der Waals surface area contributed by atoms with Gasteiger partial charge < -0.3 is 16.5 Å². The van der Waals surface area contributed by atoms with Crippen molar-refractivity contribution in [3.63, 3.8) is 0 Å². The van der Waals surface area contributed by atoms with E-state index in [1.54, 1.807) is 0 Å². The molecule has 0 bridgehead atoms. The Bertz CT molecular complexity index is 834.